The number of phenolic OH excluding ortho intramolecular Hbond substituents is 1. The van der Waals surface area contributed by atoms with E-state index >= 15 is 0 Å². The van der Waals surface area contributed by atoms with Crippen LogP contribution >= 0.6 is 0 Å². The van der Waals surface area contributed by atoms with Crippen LogP contribution in [-0.4, -0.2) is 36.5 Å². The van der Waals surface area contributed by atoms with Gasteiger partial charge in [-0.25, -0.2) is 5.01 Å². The smallest absolute Gasteiger partial charge is 0.230 e. The maximum absolute atomic E-state index is 11.4. The lowest BCUT2D eigenvalue weighted by Crippen LogP contribution is -2.17. The van der Waals surface area contributed by atoms with E-state index in [1.165, 1.54) is 5.01 Å². The van der Waals surface area contributed by atoms with E-state index in [9.17, 15) is 9.90 Å². The minimum Gasteiger partial charge on any atom is -0.507 e. The number of methoxy groups -OCH3 is 2. The Morgan fingerprint density at radius 2 is 1.92 bits per heavy atom. The number of hydrogen-bond acceptors (Lipinski definition) is 5. The molecule has 0 fully saturated rings. The van der Waals surface area contributed by atoms with Crippen LogP contribution in [0.2, 0.25) is 0 Å². The van der Waals surface area contributed by atoms with E-state index in [-0.39, 0.29) is 11.8 Å². The molecule has 6 heteroatoms. The number of aromatic hydroxyl groups is 1. The summed E-state index contributed by atoms with van der Waals surface area (Å²) in [6, 6.07) is 12.2. The number of hydrogen-bond donors (Lipinski definition) is 1. The predicted molar refractivity (Wildman–Crippen MR) is 89.5 cm³/mol. The topological polar surface area (TPSA) is 71.4 Å². The van der Waals surface area contributed by atoms with Gasteiger partial charge in [-0.3, -0.25) is 4.79 Å². The first-order chi connectivity index (χ1) is 11.7. The molecule has 1 aliphatic rings. The van der Waals surface area contributed by atoms with Gasteiger partial charge in [0.2, 0.25) is 6.41 Å². The maximum Gasteiger partial charge on any atom is 0.230 e. The quantitative estimate of drug-likeness (QED) is 0.858. The molecule has 0 aromatic heterocycles. The highest BCUT2D eigenvalue weighted by Gasteiger charge is 2.30. The van der Waals surface area contributed by atoms with Crippen molar-refractivity contribution >= 4 is 12.1 Å². The second-order valence-electron chi connectivity index (χ2n) is 5.38. The lowest BCUT2D eigenvalue weighted by Gasteiger charge is -2.19. The molecule has 3 rings (SSSR count). The summed E-state index contributed by atoms with van der Waals surface area (Å²) in [5, 5.41) is 15.7. The molecule has 124 valence electrons. The molecular formula is C18H18N2O4. The highest BCUT2D eigenvalue weighted by atomic mass is 16.5. The van der Waals surface area contributed by atoms with Crippen molar-refractivity contribution in [2.75, 3.05) is 14.2 Å². The number of benzene rings is 2. The average molecular weight is 326 g/mol. The van der Waals surface area contributed by atoms with Crippen molar-refractivity contribution in [3.63, 3.8) is 0 Å². The summed E-state index contributed by atoms with van der Waals surface area (Å²) in [5.74, 6) is 1.37. The third-order valence-electron chi connectivity index (χ3n) is 4.06. The van der Waals surface area contributed by atoms with Gasteiger partial charge in [0.15, 0.2) is 11.5 Å². The fraction of sp³-hybridized carbons (Fsp3) is 0.222. The lowest BCUT2D eigenvalue weighted by molar-refractivity contribution is -0.119. The van der Waals surface area contributed by atoms with Gasteiger partial charge in [-0.2, -0.15) is 5.10 Å². The Balaban J connectivity index is 1.93. The van der Waals surface area contributed by atoms with Gasteiger partial charge in [-0.1, -0.05) is 18.2 Å². The van der Waals surface area contributed by atoms with Crippen LogP contribution in [0.25, 0.3) is 0 Å². The first kappa shape index (κ1) is 15.9. The zero-order chi connectivity index (χ0) is 17.1. The van der Waals surface area contributed by atoms with Crippen LogP contribution in [-0.2, 0) is 4.79 Å². The fourth-order valence-corrected chi connectivity index (χ4v) is 2.84. The summed E-state index contributed by atoms with van der Waals surface area (Å²) in [6.45, 7) is 0. The van der Waals surface area contributed by atoms with Crippen molar-refractivity contribution in [1.29, 1.82) is 0 Å². The number of rotatable bonds is 5. The van der Waals surface area contributed by atoms with Gasteiger partial charge in [-0.15, -0.1) is 0 Å². The van der Waals surface area contributed by atoms with Crippen LogP contribution in [0.3, 0.4) is 0 Å². The molecule has 2 aromatic rings. The third-order valence-corrected chi connectivity index (χ3v) is 4.06. The van der Waals surface area contributed by atoms with Crippen molar-refractivity contribution in [2.24, 2.45) is 5.10 Å². The number of carbonyl (C=O) groups excluding carboxylic acids is 1. The normalized spacial score (nSPS) is 16.7. The first-order valence-electron chi connectivity index (χ1n) is 7.49. The van der Waals surface area contributed by atoms with E-state index in [1.54, 1.807) is 38.5 Å². The largest absolute Gasteiger partial charge is 0.507 e. The summed E-state index contributed by atoms with van der Waals surface area (Å²) in [7, 11) is 3.14. The number of carbonyl (C=O) groups is 1. The highest BCUT2D eigenvalue weighted by molar-refractivity contribution is 6.04. The van der Waals surface area contributed by atoms with E-state index in [0.29, 0.717) is 35.6 Å². The van der Waals surface area contributed by atoms with Crippen molar-refractivity contribution in [3.05, 3.63) is 53.6 Å². The minimum atomic E-state index is -0.253. The SMILES string of the molecule is COc1ccc(C2CC(c3ccccc3O)=NN2C=O)cc1OC. The standard InChI is InChI=1S/C18H18N2O4/c1-23-17-8-7-12(9-18(17)24-2)15-10-14(19-20(15)11-21)13-5-3-4-6-16(13)22/h3-9,11,15,22H,10H2,1-2H3. The Morgan fingerprint density at radius 3 is 2.58 bits per heavy atom. The molecule has 1 aliphatic heterocycles. The Morgan fingerprint density at radius 1 is 1.17 bits per heavy atom. The van der Waals surface area contributed by atoms with E-state index in [1.807, 2.05) is 18.2 Å². The Bertz CT molecular complexity index is 788. The molecule has 0 spiro atoms. The molecule has 1 unspecified atom stereocenters. The van der Waals surface area contributed by atoms with E-state index in [0.717, 1.165) is 5.56 Å². The van der Waals surface area contributed by atoms with Gasteiger partial charge < -0.3 is 14.6 Å². The van der Waals surface area contributed by atoms with Gasteiger partial charge in [-0.05, 0) is 29.8 Å². The van der Waals surface area contributed by atoms with Crippen LogP contribution in [0.15, 0.2) is 47.6 Å². The van der Waals surface area contributed by atoms with Gasteiger partial charge in [0, 0.05) is 12.0 Å². The van der Waals surface area contributed by atoms with E-state index in [2.05, 4.69) is 5.10 Å². The van der Waals surface area contributed by atoms with Crippen molar-refractivity contribution in [1.82, 2.24) is 5.01 Å². The Labute approximate surface area is 139 Å². The maximum atomic E-state index is 11.4. The third kappa shape index (κ3) is 2.78. The Kier molecular flexibility index (Phi) is 4.37. The molecule has 0 bridgehead atoms. The number of amides is 1. The molecule has 1 atom stereocenters. The molecule has 0 aliphatic carbocycles. The van der Waals surface area contributed by atoms with Crippen LogP contribution in [0.5, 0.6) is 17.2 Å². The van der Waals surface area contributed by atoms with Crippen LogP contribution in [0, 0.1) is 0 Å². The van der Waals surface area contributed by atoms with Gasteiger partial charge in [0.1, 0.15) is 5.75 Å². The molecule has 0 saturated carbocycles. The first-order valence-corrected chi connectivity index (χ1v) is 7.49. The number of phenols is 1. The summed E-state index contributed by atoms with van der Waals surface area (Å²) >= 11 is 0. The fourth-order valence-electron chi connectivity index (χ4n) is 2.84. The van der Waals surface area contributed by atoms with Crippen LogP contribution in [0.1, 0.15) is 23.6 Å². The molecule has 2 aromatic carbocycles. The lowest BCUT2D eigenvalue weighted by atomic mass is 9.98. The number of hydrazone groups is 1. The van der Waals surface area contributed by atoms with Gasteiger partial charge in [0.05, 0.1) is 26.0 Å². The van der Waals surface area contributed by atoms with E-state index < -0.39 is 0 Å². The summed E-state index contributed by atoms with van der Waals surface area (Å²) < 4.78 is 10.6. The summed E-state index contributed by atoms with van der Waals surface area (Å²) in [6.07, 6.45) is 1.19. The zero-order valence-corrected chi connectivity index (χ0v) is 13.5. The van der Waals surface area contributed by atoms with Gasteiger partial charge >= 0.3 is 0 Å². The Hall–Kier alpha value is -3.02. The minimum absolute atomic E-state index is 0.148. The van der Waals surface area contributed by atoms with Crippen LogP contribution in [0.4, 0.5) is 0 Å². The molecule has 6 nitrogen and oxygen atoms in total. The monoisotopic (exact) mass is 326 g/mol. The van der Waals surface area contributed by atoms with Gasteiger partial charge in [0.25, 0.3) is 0 Å². The van der Waals surface area contributed by atoms with Crippen molar-refractivity contribution < 1.29 is 19.4 Å². The number of ether oxygens (including phenoxy) is 2. The molecular weight excluding hydrogens is 308 g/mol. The average Bonchev–Trinajstić information content (AvgIpc) is 3.05. The summed E-state index contributed by atoms with van der Waals surface area (Å²) in [4.78, 5) is 11.4. The molecule has 0 saturated heterocycles. The number of para-hydroxylation sites is 1. The van der Waals surface area contributed by atoms with Crippen molar-refractivity contribution in [2.45, 2.75) is 12.5 Å². The molecule has 24 heavy (non-hydrogen) atoms. The highest BCUT2D eigenvalue weighted by Crippen LogP contribution is 2.37. The second-order valence-corrected chi connectivity index (χ2v) is 5.38. The van der Waals surface area contributed by atoms with E-state index in [4.69, 9.17) is 9.47 Å². The molecule has 0 radical (unpaired) electrons. The molecule has 1 heterocycles. The molecule has 1 amide bonds. The van der Waals surface area contributed by atoms with Crippen LogP contribution < -0.4 is 9.47 Å². The predicted octanol–water partition coefficient (Wildman–Crippen LogP) is 2.72. The second kappa shape index (κ2) is 6.62. The number of nitrogens with zero attached hydrogens (tertiary/aromatic N) is 2. The summed E-state index contributed by atoms with van der Waals surface area (Å²) in [5.41, 5.74) is 2.18. The molecule has 1 N–H and O–H groups in total. The zero-order valence-electron chi connectivity index (χ0n) is 13.5. The van der Waals surface area contributed by atoms with Crippen molar-refractivity contribution in [3.8, 4) is 17.2 Å².